The van der Waals surface area contributed by atoms with E-state index in [9.17, 15) is 0 Å². The zero-order valence-corrected chi connectivity index (χ0v) is 17.0. The van der Waals surface area contributed by atoms with E-state index >= 15 is 0 Å². The lowest BCUT2D eigenvalue weighted by Crippen LogP contribution is -2.52. The van der Waals surface area contributed by atoms with Crippen LogP contribution < -0.4 is 10.2 Å². The van der Waals surface area contributed by atoms with Gasteiger partial charge in [0.1, 0.15) is 5.01 Å². The van der Waals surface area contributed by atoms with Gasteiger partial charge in [0.05, 0.1) is 17.2 Å². The Morgan fingerprint density at radius 1 is 1.07 bits per heavy atom. The second kappa shape index (κ2) is 8.54. The smallest absolute Gasteiger partial charge is 0.194 e. The fourth-order valence-electron chi connectivity index (χ4n) is 3.21. The average Bonchev–Trinajstić information content (AvgIpc) is 3.42. The number of guanidine groups is 1. The molecule has 140 valence electrons. The Bertz CT molecular complexity index is 865. The predicted molar refractivity (Wildman–Crippen MR) is 116 cm³/mol. The van der Waals surface area contributed by atoms with Crippen LogP contribution in [0, 0.1) is 0 Å². The van der Waals surface area contributed by atoms with Crippen molar-refractivity contribution in [2.24, 2.45) is 4.99 Å². The van der Waals surface area contributed by atoms with Crippen molar-refractivity contribution in [1.29, 1.82) is 0 Å². The van der Waals surface area contributed by atoms with E-state index in [1.54, 1.807) is 11.3 Å². The number of anilines is 1. The molecule has 1 N–H and O–H groups in total. The molecule has 3 heterocycles. The Labute approximate surface area is 168 Å². The van der Waals surface area contributed by atoms with Crippen LogP contribution in [0.15, 0.2) is 58.2 Å². The Kier molecular flexibility index (Phi) is 5.69. The van der Waals surface area contributed by atoms with Crippen LogP contribution in [0.25, 0.3) is 11.3 Å². The fraction of sp³-hybridized carbons (Fsp3) is 0.300. The summed E-state index contributed by atoms with van der Waals surface area (Å²) >= 11 is 3.50. The van der Waals surface area contributed by atoms with Gasteiger partial charge in [-0.2, -0.15) is 0 Å². The molecule has 4 rings (SSSR count). The summed E-state index contributed by atoms with van der Waals surface area (Å²) in [7, 11) is 1.85. The first-order valence-corrected chi connectivity index (χ1v) is 10.8. The van der Waals surface area contributed by atoms with Gasteiger partial charge in [0.15, 0.2) is 5.96 Å². The molecule has 0 aliphatic carbocycles. The van der Waals surface area contributed by atoms with E-state index in [2.05, 4.69) is 55.1 Å². The van der Waals surface area contributed by atoms with Crippen LogP contribution in [0.2, 0.25) is 0 Å². The Hall–Kier alpha value is -2.38. The van der Waals surface area contributed by atoms with E-state index < -0.39 is 0 Å². The summed E-state index contributed by atoms with van der Waals surface area (Å²) in [5.74, 6) is 0.956. The van der Waals surface area contributed by atoms with Gasteiger partial charge in [-0.25, -0.2) is 4.98 Å². The first-order chi connectivity index (χ1) is 13.3. The van der Waals surface area contributed by atoms with E-state index in [4.69, 9.17) is 4.98 Å². The minimum absolute atomic E-state index is 0.704. The molecule has 3 aromatic rings. The molecule has 1 saturated heterocycles. The van der Waals surface area contributed by atoms with Gasteiger partial charge in [0, 0.05) is 44.2 Å². The maximum absolute atomic E-state index is 4.75. The molecule has 27 heavy (non-hydrogen) atoms. The van der Waals surface area contributed by atoms with Crippen LogP contribution in [0.4, 0.5) is 5.00 Å². The molecule has 1 aliphatic rings. The van der Waals surface area contributed by atoms with Crippen molar-refractivity contribution in [3.05, 3.63) is 58.2 Å². The molecule has 0 amide bonds. The second-order valence-corrected chi connectivity index (χ2v) is 8.19. The Morgan fingerprint density at radius 2 is 1.89 bits per heavy atom. The SMILES string of the molecule is CN=C(NCc1nc(-c2ccccc2)cs1)N1CCN(c2cccs2)CC1. The molecule has 1 aliphatic heterocycles. The Balaban J connectivity index is 1.32. The van der Waals surface area contributed by atoms with Gasteiger partial charge in [-0.15, -0.1) is 22.7 Å². The number of aliphatic imine (C=N–C) groups is 1. The van der Waals surface area contributed by atoms with Crippen LogP contribution in [0.5, 0.6) is 0 Å². The van der Waals surface area contributed by atoms with Gasteiger partial charge in [-0.3, -0.25) is 4.99 Å². The predicted octanol–water partition coefficient (Wildman–Crippen LogP) is 3.77. The van der Waals surface area contributed by atoms with Crippen molar-refractivity contribution in [3.8, 4) is 11.3 Å². The van der Waals surface area contributed by atoms with E-state index in [0.29, 0.717) is 6.54 Å². The van der Waals surface area contributed by atoms with Crippen molar-refractivity contribution < 1.29 is 0 Å². The number of hydrogen-bond donors (Lipinski definition) is 1. The highest BCUT2D eigenvalue weighted by Crippen LogP contribution is 2.23. The maximum atomic E-state index is 4.75. The lowest BCUT2D eigenvalue weighted by molar-refractivity contribution is 0.373. The highest BCUT2D eigenvalue weighted by molar-refractivity contribution is 7.14. The number of benzene rings is 1. The number of nitrogens with one attached hydrogen (secondary N) is 1. The van der Waals surface area contributed by atoms with Crippen molar-refractivity contribution in [1.82, 2.24) is 15.2 Å². The summed E-state index contributed by atoms with van der Waals surface area (Å²) in [6, 6.07) is 14.6. The van der Waals surface area contributed by atoms with Gasteiger partial charge in [0.2, 0.25) is 0 Å². The average molecular weight is 398 g/mol. The fourth-order valence-corrected chi connectivity index (χ4v) is 4.74. The monoisotopic (exact) mass is 397 g/mol. The second-order valence-electron chi connectivity index (χ2n) is 6.32. The summed E-state index contributed by atoms with van der Waals surface area (Å²) in [4.78, 5) is 14.0. The van der Waals surface area contributed by atoms with E-state index in [-0.39, 0.29) is 0 Å². The number of piperazine rings is 1. The van der Waals surface area contributed by atoms with Gasteiger partial charge in [0.25, 0.3) is 0 Å². The maximum Gasteiger partial charge on any atom is 0.194 e. The lowest BCUT2D eigenvalue weighted by atomic mass is 10.2. The molecule has 2 aromatic heterocycles. The number of thiophene rings is 1. The van der Waals surface area contributed by atoms with Gasteiger partial charge >= 0.3 is 0 Å². The van der Waals surface area contributed by atoms with Gasteiger partial charge in [-0.1, -0.05) is 30.3 Å². The summed E-state index contributed by atoms with van der Waals surface area (Å²) in [6.07, 6.45) is 0. The minimum Gasteiger partial charge on any atom is -0.360 e. The van der Waals surface area contributed by atoms with Crippen LogP contribution >= 0.6 is 22.7 Å². The largest absolute Gasteiger partial charge is 0.360 e. The minimum atomic E-state index is 0.704. The summed E-state index contributed by atoms with van der Waals surface area (Å²) in [5.41, 5.74) is 2.20. The highest BCUT2D eigenvalue weighted by atomic mass is 32.1. The molecule has 1 fully saturated rings. The molecule has 1 aromatic carbocycles. The molecule has 0 bridgehead atoms. The van der Waals surface area contributed by atoms with Crippen molar-refractivity contribution in [2.75, 3.05) is 38.1 Å². The Morgan fingerprint density at radius 3 is 2.59 bits per heavy atom. The highest BCUT2D eigenvalue weighted by Gasteiger charge is 2.20. The van der Waals surface area contributed by atoms with Crippen LogP contribution in [0.3, 0.4) is 0 Å². The molecular formula is C20H23N5S2. The number of thiazole rings is 1. The zero-order valence-electron chi connectivity index (χ0n) is 15.3. The molecule has 0 spiro atoms. The van der Waals surface area contributed by atoms with Crippen LogP contribution in [-0.2, 0) is 6.54 Å². The zero-order chi connectivity index (χ0) is 18.5. The number of aromatic nitrogens is 1. The normalized spacial score (nSPS) is 15.2. The van der Waals surface area contributed by atoms with E-state index in [1.165, 1.54) is 5.00 Å². The summed E-state index contributed by atoms with van der Waals surface area (Å²) in [5, 5.41) is 10.2. The van der Waals surface area contributed by atoms with E-state index in [1.807, 2.05) is 36.6 Å². The lowest BCUT2D eigenvalue weighted by Gasteiger charge is -2.36. The van der Waals surface area contributed by atoms with Crippen molar-refractivity contribution >= 4 is 33.6 Å². The van der Waals surface area contributed by atoms with Gasteiger partial charge < -0.3 is 15.1 Å². The number of hydrogen-bond acceptors (Lipinski definition) is 5. The summed E-state index contributed by atoms with van der Waals surface area (Å²) < 4.78 is 0. The quantitative estimate of drug-likeness (QED) is 0.538. The number of rotatable bonds is 4. The first-order valence-electron chi connectivity index (χ1n) is 9.07. The van der Waals surface area contributed by atoms with Crippen LogP contribution in [0.1, 0.15) is 5.01 Å². The first kappa shape index (κ1) is 18.0. The van der Waals surface area contributed by atoms with Gasteiger partial charge in [-0.05, 0) is 17.5 Å². The number of nitrogens with zero attached hydrogens (tertiary/aromatic N) is 4. The van der Waals surface area contributed by atoms with Crippen molar-refractivity contribution in [2.45, 2.75) is 6.54 Å². The standard InChI is InChI=1S/C20H23N5S2/c1-21-20(25-11-9-24(10-12-25)19-8-5-13-26-19)22-14-18-23-17(15-27-18)16-6-3-2-4-7-16/h2-8,13,15H,9-12,14H2,1H3,(H,21,22). The molecule has 7 heteroatoms. The van der Waals surface area contributed by atoms with Crippen LogP contribution in [-0.4, -0.2) is 49.1 Å². The molecule has 5 nitrogen and oxygen atoms in total. The third-order valence-electron chi connectivity index (χ3n) is 4.63. The third-order valence-corrected chi connectivity index (χ3v) is 6.41. The molecule has 0 atom stereocenters. The van der Waals surface area contributed by atoms with Crippen molar-refractivity contribution in [3.63, 3.8) is 0 Å². The molecule has 0 unspecified atom stereocenters. The molecular weight excluding hydrogens is 374 g/mol. The topological polar surface area (TPSA) is 43.8 Å². The third kappa shape index (κ3) is 4.31. The van der Waals surface area contributed by atoms with E-state index in [0.717, 1.165) is 48.4 Å². The molecule has 0 saturated carbocycles. The molecule has 0 radical (unpaired) electrons. The summed E-state index contributed by atoms with van der Waals surface area (Å²) in [6.45, 7) is 4.71.